The summed E-state index contributed by atoms with van der Waals surface area (Å²) in [6.07, 6.45) is 6.26. The molecular weight excluding hydrogens is 206 g/mol. The minimum atomic E-state index is 0. The van der Waals surface area contributed by atoms with Crippen molar-refractivity contribution in [3.05, 3.63) is 54.2 Å². The van der Waals surface area contributed by atoms with Gasteiger partial charge in [0, 0.05) is 14.7 Å². The fourth-order valence-corrected chi connectivity index (χ4v) is 2.12. The molecule has 0 saturated heterocycles. The topological polar surface area (TPSA) is 12.0 Å². The van der Waals surface area contributed by atoms with Crippen molar-refractivity contribution in [3.8, 4) is 0 Å². The van der Waals surface area contributed by atoms with E-state index in [1.807, 2.05) is 19.3 Å². The van der Waals surface area contributed by atoms with E-state index in [0.717, 1.165) is 5.57 Å². The van der Waals surface area contributed by atoms with Crippen LogP contribution in [0.15, 0.2) is 43.1 Å². The molecule has 1 rings (SSSR count). The van der Waals surface area contributed by atoms with Gasteiger partial charge in [-0.25, -0.2) is 0 Å². The molecular formula is C16H25N. The summed E-state index contributed by atoms with van der Waals surface area (Å²) >= 11 is 0. The average Bonchev–Trinajstić information content (AvgIpc) is 2.38. The van der Waals surface area contributed by atoms with Gasteiger partial charge in [0.2, 0.25) is 0 Å². The van der Waals surface area contributed by atoms with Crippen LogP contribution in [0.4, 0.5) is 0 Å². The number of hydrogen-bond acceptors (Lipinski definition) is 1. The SMILES string of the molecule is C=C/C(=C\NC)c1ccc(C(CC)CC)cc1.[HH]. The number of rotatable bonds is 6. The van der Waals surface area contributed by atoms with Gasteiger partial charge in [-0.3, -0.25) is 0 Å². The summed E-state index contributed by atoms with van der Waals surface area (Å²) < 4.78 is 0. The van der Waals surface area contributed by atoms with Crippen molar-refractivity contribution in [2.75, 3.05) is 7.05 Å². The molecule has 0 aliphatic rings. The fourth-order valence-electron chi connectivity index (χ4n) is 2.12. The van der Waals surface area contributed by atoms with Gasteiger partial charge in [0.25, 0.3) is 0 Å². The Morgan fingerprint density at radius 3 is 2.29 bits per heavy atom. The molecule has 0 aliphatic heterocycles. The summed E-state index contributed by atoms with van der Waals surface area (Å²) in [5.41, 5.74) is 3.78. The summed E-state index contributed by atoms with van der Waals surface area (Å²) in [5, 5.41) is 3.04. The Bertz CT molecular complexity index is 375. The molecule has 17 heavy (non-hydrogen) atoms. The molecule has 1 nitrogen and oxygen atoms in total. The second-order valence-electron chi connectivity index (χ2n) is 4.23. The molecule has 0 bridgehead atoms. The van der Waals surface area contributed by atoms with Crippen molar-refractivity contribution < 1.29 is 1.43 Å². The Kier molecular flexibility index (Phi) is 5.55. The van der Waals surface area contributed by atoms with Gasteiger partial charge < -0.3 is 5.32 Å². The molecule has 1 aromatic rings. The first-order chi connectivity index (χ1) is 8.26. The zero-order valence-electron chi connectivity index (χ0n) is 11.2. The van der Waals surface area contributed by atoms with E-state index in [4.69, 9.17) is 0 Å². The van der Waals surface area contributed by atoms with Gasteiger partial charge in [0.1, 0.15) is 0 Å². The summed E-state index contributed by atoms with van der Waals surface area (Å²) in [6.45, 7) is 8.33. The van der Waals surface area contributed by atoms with Crippen LogP contribution in [0, 0.1) is 0 Å². The molecule has 1 N–H and O–H groups in total. The summed E-state index contributed by atoms with van der Waals surface area (Å²) in [4.78, 5) is 0. The summed E-state index contributed by atoms with van der Waals surface area (Å²) in [7, 11) is 1.90. The molecule has 0 radical (unpaired) electrons. The second kappa shape index (κ2) is 6.95. The Hall–Kier alpha value is -1.50. The smallest absolute Gasteiger partial charge is 0.00410 e. The molecule has 1 heteroatoms. The number of benzene rings is 1. The highest BCUT2D eigenvalue weighted by molar-refractivity contribution is 5.73. The maximum Gasteiger partial charge on any atom is 0.00410 e. The molecule has 0 unspecified atom stereocenters. The van der Waals surface area contributed by atoms with Crippen LogP contribution < -0.4 is 5.32 Å². The number of nitrogens with one attached hydrogen (secondary N) is 1. The van der Waals surface area contributed by atoms with E-state index in [-0.39, 0.29) is 1.43 Å². The highest BCUT2D eigenvalue weighted by Crippen LogP contribution is 2.24. The molecule has 0 aromatic heterocycles. The molecule has 94 valence electrons. The van der Waals surface area contributed by atoms with Crippen LogP contribution in [0.2, 0.25) is 0 Å². The Morgan fingerprint density at radius 2 is 1.88 bits per heavy atom. The molecule has 0 heterocycles. The third kappa shape index (κ3) is 3.48. The average molecular weight is 231 g/mol. The lowest BCUT2D eigenvalue weighted by molar-refractivity contribution is 0.642. The van der Waals surface area contributed by atoms with E-state index in [2.05, 4.69) is 50.0 Å². The minimum Gasteiger partial charge on any atom is -0.393 e. The van der Waals surface area contributed by atoms with Crippen LogP contribution in [-0.2, 0) is 0 Å². The third-order valence-electron chi connectivity index (χ3n) is 3.22. The standard InChI is InChI=1S/C16H23N.H2/c1-5-13(6-2)15-8-10-16(11-9-15)14(7-3)12-17-4;/h7-13,17H,3,5-6H2,1-2,4H3;1H/b14-12+;. The third-order valence-corrected chi connectivity index (χ3v) is 3.22. The molecule has 1 aromatic carbocycles. The molecule has 0 saturated carbocycles. The zero-order valence-corrected chi connectivity index (χ0v) is 11.2. The van der Waals surface area contributed by atoms with Crippen molar-refractivity contribution >= 4 is 5.57 Å². The largest absolute Gasteiger partial charge is 0.393 e. The first kappa shape index (κ1) is 13.6. The van der Waals surface area contributed by atoms with Crippen LogP contribution in [0.25, 0.3) is 5.57 Å². The minimum absolute atomic E-state index is 0. The van der Waals surface area contributed by atoms with Crippen molar-refractivity contribution in [2.45, 2.75) is 32.6 Å². The molecule has 0 fully saturated rings. The zero-order chi connectivity index (χ0) is 12.7. The lowest BCUT2D eigenvalue weighted by Crippen LogP contribution is -1.97. The van der Waals surface area contributed by atoms with Crippen LogP contribution in [-0.4, -0.2) is 7.05 Å². The highest BCUT2D eigenvalue weighted by atomic mass is 14.8. The highest BCUT2D eigenvalue weighted by Gasteiger charge is 2.06. The predicted octanol–water partition coefficient (Wildman–Crippen LogP) is 4.58. The maximum atomic E-state index is 3.84. The van der Waals surface area contributed by atoms with Crippen molar-refractivity contribution in [2.24, 2.45) is 0 Å². The van der Waals surface area contributed by atoms with Crippen LogP contribution >= 0.6 is 0 Å². The van der Waals surface area contributed by atoms with Crippen molar-refractivity contribution in [1.82, 2.24) is 5.32 Å². The lowest BCUT2D eigenvalue weighted by atomic mass is 9.92. The van der Waals surface area contributed by atoms with Gasteiger partial charge in [0.05, 0.1) is 0 Å². The van der Waals surface area contributed by atoms with E-state index < -0.39 is 0 Å². The lowest BCUT2D eigenvalue weighted by Gasteiger charge is -2.13. The van der Waals surface area contributed by atoms with Gasteiger partial charge in [-0.2, -0.15) is 0 Å². The van der Waals surface area contributed by atoms with Crippen LogP contribution in [0.1, 0.15) is 45.2 Å². The van der Waals surface area contributed by atoms with Gasteiger partial charge in [0.15, 0.2) is 0 Å². The van der Waals surface area contributed by atoms with Crippen molar-refractivity contribution in [3.63, 3.8) is 0 Å². The number of allylic oxidation sites excluding steroid dienone is 2. The van der Waals surface area contributed by atoms with E-state index in [0.29, 0.717) is 5.92 Å². The van der Waals surface area contributed by atoms with Crippen LogP contribution in [0.5, 0.6) is 0 Å². The first-order valence-electron chi connectivity index (χ1n) is 6.37. The Balaban J connectivity index is 0.00000289. The molecule has 0 aliphatic carbocycles. The normalized spacial score (nSPS) is 11.6. The number of hydrogen-bond donors (Lipinski definition) is 1. The van der Waals surface area contributed by atoms with E-state index in [1.165, 1.54) is 24.0 Å². The molecule has 0 amide bonds. The Morgan fingerprint density at radius 1 is 1.29 bits per heavy atom. The quantitative estimate of drug-likeness (QED) is 0.706. The van der Waals surface area contributed by atoms with Gasteiger partial charge in [-0.15, -0.1) is 0 Å². The van der Waals surface area contributed by atoms with E-state index in [9.17, 15) is 0 Å². The van der Waals surface area contributed by atoms with Gasteiger partial charge in [-0.05, 0) is 35.5 Å². The van der Waals surface area contributed by atoms with Gasteiger partial charge >= 0.3 is 0 Å². The fraction of sp³-hybridized carbons (Fsp3) is 0.375. The second-order valence-corrected chi connectivity index (χ2v) is 4.23. The predicted molar refractivity (Wildman–Crippen MR) is 79.1 cm³/mol. The monoisotopic (exact) mass is 231 g/mol. The summed E-state index contributed by atoms with van der Waals surface area (Å²) in [6, 6.07) is 8.83. The Labute approximate surface area is 107 Å². The summed E-state index contributed by atoms with van der Waals surface area (Å²) in [5.74, 6) is 0.685. The van der Waals surface area contributed by atoms with E-state index in [1.54, 1.807) is 0 Å². The van der Waals surface area contributed by atoms with Crippen LogP contribution in [0.3, 0.4) is 0 Å². The first-order valence-corrected chi connectivity index (χ1v) is 6.37. The molecule has 0 atom stereocenters. The van der Waals surface area contributed by atoms with E-state index >= 15 is 0 Å². The van der Waals surface area contributed by atoms with Gasteiger partial charge in [-0.1, -0.05) is 50.8 Å². The maximum absolute atomic E-state index is 3.84. The van der Waals surface area contributed by atoms with Crippen molar-refractivity contribution in [1.29, 1.82) is 0 Å². The molecule has 0 spiro atoms.